The molecule has 5 rings (SSSR count). The van der Waals surface area contributed by atoms with Crippen LogP contribution in [0.4, 0.5) is 4.79 Å². The van der Waals surface area contributed by atoms with Crippen LogP contribution >= 0.6 is 0 Å². The highest BCUT2D eigenvalue weighted by Gasteiger charge is 2.42. The summed E-state index contributed by atoms with van der Waals surface area (Å²) in [7, 11) is 0. The fourth-order valence-electron chi connectivity index (χ4n) is 4.57. The largest absolute Gasteiger partial charge is 0.361 e. The molecule has 4 amide bonds. The summed E-state index contributed by atoms with van der Waals surface area (Å²) in [5.41, 5.74) is 3.04. The van der Waals surface area contributed by atoms with Gasteiger partial charge in [-0.05, 0) is 50.2 Å². The number of nitrogens with one attached hydrogen (secondary N) is 2. The zero-order valence-electron chi connectivity index (χ0n) is 16.9. The number of para-hydroxylation sites is 1. The molecular weight excluding hydrogens is 380 g/mol. The summed E-state index contributed by atoms with van der Waals surface area (Å²) >= 11 is 0. The Hall–Kier alpha value is -3.09. The van der Waals surface area contributed by atoms with Gasteiger partial charge in [-0.3, -0.25) is 14.5 Å². The Kier molecular flexibility index (Phi) is 4.81. The Balaban J connectivity index is 1.29. The Morgan fingerprint density at radius 1 is 1.17 bits per heavy atom. The normalized spacial score (nSPS) is 21.7. The molecular formula is C23H26N4O3. The van der Waals surface area contributed by atoms with Crippen molar-refractivity contribution in [1.29, 1.82) is 0 Å². The van der Waals surface area contributed by atoms with Gasteiger partial charge >= 0.3 is 6.03 Å². The number of carbonyl (C=O) groups excluding carboxylic acids is 3. The molecule has 1 atom stereocenters. The number of nitrogens with zero attached hydrogens (tertiary/aromatic N) is 2. The standard InChI is InChI=1S/C23H26N4O3/c28-21(27(17-10-11-17)16-6-2-1-3-7-16)14-26-22(29)20(25-23(26)30)12-15-13-24-19-9-5-4-8-18(15)19/h4-6,8-9,13,17,20,24H,1-3,7,10-12,14H2,(H,25,30)/t20-/m1/s1. The summed E-state index contributed by atoms with van der Waals surface area (Å²) in [6.45, 7) is -0.192. The van der Waals surface area contributed by atoms with Crippen molar-refractivity contribution in [2.24, 2.45) is 0 Å². The van der Waals surface area contributed by atoms with Gasteiger partial charge in [0.1, 0.15) is 12.6 Å². The zero-order chi connectivity index (χ0) is 20.7. The number of rotatable bonds is 6. The zero-order valence-corrected chi connectivity index (χ0v) is 16.9. The van der Waals surface area contributed by atoms with Crippen molar-refractivity contribution in [2.45, 2.75) is 57.0 Å². The molecule has 1 aromatic heterocycles. The minimum absolute atomic E-state index is 0.151. The number of aromatic nitrogens is 1. The quantitative estimate of drug-likeness (QED) is 0.723. The van der Waals surface area contributed by atoms with Crippen LogP contribution in [0.25, 0.3) is 10.9 Å². The molecule has 2 aliphatic carbocycles. The van der Waals surface area contributed by atoms with Crippen molar-refractivity contribution in [2.75, 3.05) is 6.54 Å². The maximum absolute atomic E-state index is 13.1. The second-order valence-corrected chi connectivity index (χ2v) is 8.43. The molecule has 0 radical (unpaired) electrons. The van der Waals surface area contributed by atoms with Crippen molar-refractivity contribution in [3.63, 3.8) is 0 Å². The van der Waals surface area contributed by atoms with Crippen LogP contribution in [0.5, 0.6) is 0 Å². The molecule has 1 aromatic carbocycles. The summed E-state index contributed by atoms with van der Waals surface area (Å²) in [5, 5.41) is 3.80. The van der Waals surface area contributed by atoms with E-state index >= 15 is 0 Å². The first-order valence-corrected chi connectivity index (χ1v) is 10.8. The van der Waals surface area contributed by atoms with Crippen molar-refractivity contribution >= 4 is 28.7 Å². The van der Waals surface area contributed by atoms with E-state index in [2.05, 4.69) is 16.4 Å². The van der Waals surface area contributed by atoms with E-state index in [-0.39, 0.29) is 24.4 Å². The van der Waals surface area contributed by atoms with Gasteiger partial charge in [0.2, 0.25) is 5.91 Å². The molecule has 3 aliphatic rings. The van der Waals surface area contributed by atoms with Crippen LogP contribution in [0, 0.1) is 0 Å². The third kappa shape index (κ3) is 3.49. The molecule has 30 heavy (non-hydrogen) atoms. The second kappa shape index (κ2) is 7.63. The Morgan fingerprint density at radius 3 is 2.77 bits per heavy atom. The van der Waals surface area contributed by atoms with E-state index in [1.54, 1.807) is 0 Å². The number of hydrogen-bond acceptors (Lipinski definition) is 3. The number of carbonyl (C=O) groups is 3. The fraction of sp³-hybridized carbons (Fsp3) is 0.435. The molecule has 2 fully saturated rings. The number of imide groups is 1. The third-order valence-corrected chi connectivity index (χ3v) is 6.26. The number of allylic oxidation sites excluding steroid dienone is 2. The van der Waals surface area contributed by atoms with Crippen molar-refractivity contribution in [3.8, 4) is 0 Å². The molecule has 0 bridgehead atoms. The van der Waals surface area contributed by atoms with Crippen LogP contribution in [0.2, 0.25) is 0 Å². The van der Waals surface area contributed by atoms with Gasteiger partial charge in [-0.1, -0.05) is 24.3 Å². The number of benzene rings is 1. The number of hydrogen-bond donors (Lipinski definition) is 2. The van der Waals surface area contributed by atoms with Crippen LogP contribution in [-0.4, -0.2) is 51.3 Å². The molecule has 1 saturated carbocycles. The molecule has 156 valence electrons. The van der Waals surface area contributed by atoms with Gasteiger partial charge in [0.05, 0.1) is 0 Å². The average Bonchev–Trinajstić information content (AvgIpc) is 3.45. The van der Waals surface area contributed by atoms with Gasteiger partial charge < -0.3 is 15.2 Å². The molecule has 7 nitrogen and oxygen atoms in total. The minimum Gasteiger partial charge on any atom is -0.361 e. The van der Waals surface area contributed by atoms with Crippen LogP contribution in [0.1, 0.15) is 44.1 Å². The number of fused-ring (bicyclic) bond motifs is 1. The molecule has 0 spiro atoms. The lowest BCUT2D eigenvalue weighted by atomic mass is 10.0. The van der Waals surface area contributed by atoms with Crippen LogP contribution < -0.4 is 5.32 Å². The van der Waals surface area contributed by atoms with Crippen LogP contribution in [0.15, 0.2) is 42.2 Å². The number of H-pyrrole nitrogens is 1. The summed E-state index contributed by atoms with van der Waals surface area (Å²) in [6, 6.07) is 6.97. The third-order valence-electron chi connectivity index (χ3n) is 6.26. The Bertz CT molecular complexity index is 1040. The lowest BCUT2D eigenvalue weighted by Crippen LogP contribution is -2.44. The molecule has 2 aromatic rings. The minimum atomic E-state index is -0.646. The predicted octanol–water partition coefficient (Wildman–Crippen LogP) is 3.08. The van der Waals surface area contributed by atoms with Crippen molar-refractivity contribution in [1.82, 2.24) is 20.1 Å². The summed E-state index contributed by atoms with van der Waals surface area (Å²) in [5.74, 6) is -0.478. The number of amides is 4. The molecule has 1 aliphatic heterocycles. The van der Waals surface area contributed by atoms with Gasteiger partial charge in [-0.15, -0.1) is 0 Å². The van der Waals surface area contributed by atoms with E-state index in [9.17, 15) is 14.4 Å². The Labute approximate surface area is 175 Å². The smallest absolute Gasteiger partial charge is 0.325 e. The lowest BCUT2D eigenvalue weighted by molar-refractivity contribution is -0.136. The van der Waals surface area contributed by atoms with Gasteiger partial charge in [0.15, 0.2) is 0 Å². The van der Waals surface area contributed by atoms with Gasteiger partial charge in [-0.2, -0.15) is 0 Å². The van der Waals surface area contributed by atoms with Gasteiger partial charge in [-0.25, -0.2) is 4.79 Å². The maximum atomic E-state index is 13.1. The molecule has 0 unspecified atom stereocenters. The molecule has 7 heteroatoms. The highest BCUT2D eigenvalue weighted by atomic mass is 16.2. The average molecular weight is 406 g/mol. The highest BCUT2D eigenvalue weighted by Crippen LogP contribution is 2.34. The maximum Gasteiger partial charge on any atom is 0.325 e. The number of urea groups is 1. The van der Waals surface area contributed by atoms with E-state index in [1.165, 1.54) is 0 Å². The van der Waals surface area contributed by atoms with E-state index in [4.69, 9.17) is 0 Å². The van der Waals surface area contributed by atoms with Gasteiger partial charge in [0.25, 0.3) is 5.91 Å². The topological polar surface area (TPSA) is 85.5 Å². The van der Waals surface area contributed by atoms with E-state index in [0.717, 1.165) is 65.6 Å². The van der Waals surface area contributed by atoms with Crippen LogP contribution in [-0.2, 0) is 16.0 Å². The second-order valence-electron chi connectivity index (χ2n) is 8.43. The first-order valence-electron chi connectivity index (χ1n) is 10.8. The highest BCUT2D eigenvalue weighted by molar-refractivity contribution is 6.07. The fourth-order valence-corrected chi connectivity index (χ4v) is 4.57. The van der Waals surface area contributed by atoms with E-state index in [0.29, 0.717) is 6.42 Å². The first-order chi connectivity index (χ1) is 14.6. The Morgan fingerprint density at radius 2 is 2.00 bits per heavy atom. The molecule has 1 saturated heterocycles. The molecule has 2 N–H and O–H groups in total. The lowest BCUT2D eigenvalue weighted by Gasteiger charge is -2.29. The predicted molar refractivity (Wildman–Crippen MR) is 112 cm³/mol. The summed E-state index contributed by atoms with van der Waals surface area (Å²) in [4.78, 5) is 44.7. The molecule has 2 heterocycles. The van der Waals surface area contributed by atoms with Crippen molar-refractivity contribution < 1.29 is 14.4 Å². The van der Waals surface area contributed by atoms with Gasteiger partial charge in [0, 0.05) is 35.3 Å². The summed E-state index contributed by atoms with van der Waals surface area (Å²) < 4.78 is 0. The SMILES string of the molecule is O=C1N[C@H](Cc2c[nH]c3ccccc23)C(=O)N1CC(=O)N(C1=CCCCC1)C1CC1. The van der Waals surface area contributed by atoms with Crippen LogP contribution in [0.3, 0.4) is 0 Å². The van der Waals surface area contributed by atoms with E-state index in [1.807, 2.05) is 35.4 Å². The monoisotopic (exact) mass is 406 g/mol. The van der Waals surface area contributed by atoms with E-state index < -0.39 is 12.1 Å². The first kappa shape index (κ1) is 18.9. The van der Waals surface area contributed by atoms with Crippen molar-refractivity contribution in [3.05, 3.63) is 47.8 Å². The number of aromatic amines is 1. The summed E-state index contributed by atoms with van der Waals surface area (Å²) in [6.07, 6.45) is 10.5.